The zero-order valence-corrected chi connectivity index (χ0v) is 12.0. The number of thiocarbonyl (C=S) groups is 1. The summed E-state index contributed by atoms with van der Waals surface area (Å²) < 4.78 is 26.5. The van der Waals surface area contributed by atoms with Gasteiger partial charge in [-0.15, -0.1) is 0 Å². The maximum atomic E-state index is 12.0. The maximum absolute atomic E-state index is 12.0. The Labute approximate surface area is 113 Å². The van der Waals surface area contributed by atoms with Crippen molar-refractivity contribution >= 4 is 27.2 Å². The van der Waals surface area contributed by atoms with E-state index in [1.54, 1.807) is 12.1 Å². The molecule has 0 bridgehead atoms. The molecule has 1 aromatic carbocycles. The molecule has 0 spiro atoms. The smallest absolute Gasteiger partial charge is 0.240 e. The number of nitrogens with one attached hydrogen (secondary N) is 1. The standard InChI is InChI=1S/C11H17N3O2S2/c1-14(2)7-6-13-18(15,16)10-5-3-4-9(8-10)11(12)17/h3-5,8,13H,6-7H2,1-2H3,(H2,12,17). The van der Waals surface area contributed by atoms with Gasteiger partial charge in [0, 0.05) is 18.7 Å². The lowest BCUT2D eigenvalue weighted by molar-refractivity contribution is 0.412. The first-order chi connectivity index (χ1) is 8.33. The summed E-state index contributed by atoms with van der Waals surface area (Å²) in [6.07, 6.45) is 0. The molecular formula is C11H17N3O2S2. The third-order valence-electron chi connectivity index (χ3n) is 2.28. The van der Waals surface area contributed by atoms with Gasteiger partial charge in [-0.2, -0.15) is 0 Å². The molecule has 0 atom stereocenters. The molecule has 0 aliphatic rings. The minimum absolute atomic E-state index is 0.173. The van der Waals surface area contributed by atoms with Crippen LogP contribution in [0.3, 0.4) is 0 Å². The summed E-state index contributed by atoms with van der Waals surface area (Å²) in [5.74, 6) is 0. The average molecular weight is 287 g/mol. The molecule has 18 heavy (non-hydrogen) atoms. The molecule has 0 aliphatic carbocycles. The van der Waals surface area contributed by atoms with Crippen LogP contribution in [-0.4, -0.2) is 45.5 Å². The lowest BCUT2D eigenvalue weighted by atomic mass is 10.2. The first-order valence-corrected chi connectivity index (χ1v) is 7.26. The van der Waals surface area contributed by atoms with E-state index in [9.17, 15) is 8.42 Å². The van der Waals surface area contributed by atoms with Crippen molar-refractivity contribution in [3.05, 3.63) is 29.8 Å². The van der Waals surface area contributed by atoms with Gasteiger partial charge in [-0.3, -0.25) is 0 Å². The van der Waals surface area contributed by atoms with Crippen molar-refractivity contribution < 1.29 is 8.42 Å². The fourth-order valence-electron chi connectivity index (χ4n) is 1.30. The van der Waals surface area contributed by atoms with Gasteiger partial charge in [-0.05, 0) is 26.2 Å². The van der Waals surface area contributed by atoms with Crippen LogP contribution in [0.25, 0.3) is 0 Å². The lowest BCUT2D eigenvalue weighted by Crippen LogP contribution is -2.31. The number of benzene rings is 1. The fourth-order valence-corrected chi connectivity index (χ4v) is 2.50. The van der Waals surface area contributed by atoms with Crippen LogP contribution < -0.4 is 10.5 Å². The average Bonchev–Trinajstić information content (AvgIpc) is 2.28. The predicted octanol–water partition coefficient (Wildman–Crippen LogP) is 0.161. The molecule has 1 aromatic rings. The van der Waals surface area contributed by atoms with Crippen molar-refractivity contribution in [1.29, 1.82) is 0 Å². The summed E-state index contributed by atoms with van der Waals surface area (Å²) in [5.41, 5.74) is 6.02. The Morgan fingerprint density at radius 2 is 2.11 bits per heavy atom. The summed E-state index contributed by atoms with van der Waals surface area (Å²) in [5, 5.41) is 0. The third kappa shape index (κ3) is 4.34. The molecule has 100 valence electrons. The first kappa shape index (κ1) is 15.0. The fraction of sp³-hybridized carbons (Fsp3) is 0.364. The van der Waals surface area contributed by atoms with Crippen molar-refractivity contribution in [2.45, 2.75) is 4.90 Å². The Hall–Kier alpha value is -1.02. The Morgan fingerprint density at radius 3 is 2.67 bits per heavy atom. The van der Waals surface area contributed by atoms with Crippen molar-refractivity contribution in [2.24, 2.45) is 5.73 Å². The third-order valence-corrected chi connectivity index (χ3v) is 3.97. The van der Waals surface area contributed by atoms with Crippen molar-refractivity contribution in [3.63, 3.8) is 0 Å². The van der Waals surface area contributed by atoms with Gasteiger partial charge in [0.15, 0.2) is 0 Å². The van der Waals surface area contributed by atoms with Crippen LogP contribution in [0.4, 0.5) is 0 Å². The van der Waals surface area contributed by atoms with E-state index in [0.29, 0.717) is 18.7 Å². The second-order valence-corrected chi connectivity index (χ2v) is 6.30. The van der Waals surface area contributed by atoms with E-state index in [4.69, 9.17) is 18.0 Å². The summed E-state index contributed by atoms with van der Waals surface area (Å²) in [6, 6.07) is 6.29. The van der Waals surface area contributed by atoms with Gasteiger partial charge >= 0.3 is 0 Å². The molecule has 0 amide bonds. The van der Waals surface area contributed by atoms with E-state index >= 15 is 0 Å². The summed E-state index contributed by atoms with van der Waals surface area (Å²) in [7, 11) is 0.250. The Bertz CT molecular complexity index is 527. The molecule has 0 aromatic heterocycles. The highest BCUT2D eigenvalue weighted by Crippen LogP contribution is 2.11. The molecule has 1 rings (SSSR count). The van der Waals surface area contributed by atoms with E-state index in [-0.39, 0.29) is 9.88 Å². The van der Waals surface area contributed by atoms with Crippen LogP contribution in [0.5, 0.6) is 0 Å². The topological polar surface area (TPSA) is 75.4 Å². The zero-order chi connectivity index (χ0) is 13.8. The highest BCUT2D eigenvalue weighted by atomic mass is 32.2. The van der Waals surface area contributed by atoms with E-state index < -0.39 is 10.0 Å². The molecule has 0 heterocycles. The predicted molar refractivity (Wildman–Crippen MR) is 76.1 cm³/mol. The SMILES string of the molecule is CN(C)CCNS(=O)(=O)c1cccc(C(N)=S)c1. The summed E-state index contributed by atoms with van der Waals surface area (Å²) in [4.78, 5) is 2.25. The summed E-state index contributed by atoms with van der Waals surface area (Å²) >= 11 is 4.82. The van der Waals surface area contributed by atoms with Crippen LogP contribution in [0, 0.1) is 0 Å². The minimum atomic E-state index is -3.50. The highest BCUT2D eigenvalue weighted by Gasteiger charge is 2.14. The molecule has 0 saturated carbocycles. The molecule has 7 heteroatoms. The number of nitrogens with two attached hydrogens (primary N) is 1. The number of hydrogen-bond donors (Lipinski definition) is 2. The minimum Gasteiger partial charge on any atom is -0.389 e. The van der Waals surface area contributed by atoms with E-state index in [1.165, 1.54) is 12.1 Å². The molecule has 5 nitrogen and oxygen atoms in total. The second kappa shape index (κ2) is 6.24. The normalized spacial score (nSPS) is 11.7. The molecular weight excluding hydrogens is 270 g/mol. The number of hydrogen-bond acceptors (Lipinski definition) is 4. The number of likely N-dealkylation sites (N-methyl/N-ethyl adjacent to an activating group) is 1. The van der Waals surface area contributed by atoms with Gasteiger partial charge in [0.1, 0.15) is 4.99 Å². The highest BCUT2D eigenvalue weighted by molar-refractivity contribution is 7.89. The maximum Gasteiger partial charge on any atom is 0.240 e. The molecule has 0 aliphatic heterocycles. The largest absolute Gasteiger partial charge is 0.389 e. The van der Waals surface area contributed by atoms with Gasteiger partial charge < -0.3 is 10.6 Å². The second-order valence-electron chi connectivity index (χ2n) is 4.09. The van der Waals surface area contributed by atoms with Crippen LogP contribution in [0.15, 0.2) is 29.2 Å². The number of nitrogens with zero attached hydrogens (tertiary/aromatic N) is 1. The van der Waals surface area contributed by atoms with E-state index in [2.05, 4.69) is 4.72 Å². The Kier molecular flexibility index (Phi) is 5.21. The van der Waals surface area contributed by atoms with Gasteiger partial charge in [0.2, 0.25) is 10.0 Å². The molecule has 3 N–H and O–H groups in total. The molecule has 0 fully saturated rings. The Morgan fingerprint density at radius 1 is 1.44 bits per heavy atom. The van der Waals surface area contributed by atoms with Crippen LogP contribution >= 0.6 is 12.2 Å². The van der Waals surface area contributed by atoms with Gasteiger partial charge in [-0.1, -0.05) is 24.4 Å². The van der Waals surface area contributed by atoms with E-state index in [0.717, 1.165) is 0 Å². The Balaban J connectivity index is 2.85. The van der Waals surface area contributed by atoms with Crippen LogP contribution in [-0.2, 0) is 10.0 Å². The van der Waals surface area contributed by atoms with E-state index in [1.807, 2.05) is 19.0 Å². The summed E-state index contributed by atoms with van der Waals surface area (Å²) in [6.45, 7) is 0.987. The van der Waals surface area contributed by atoms with Gasteiger partial charge in [-0.25, -0.2) is 13.1 Å². The van der Waals surface area contributed by atoms with Crippen molar-refractivity contribution in [3.8, 4) is 0 Å². The first-order valence-electron chi connectivity index (χ1n) is 5.37. The van der Waals surface area contributed by atoms with Crippen molar-refractivity contribution in [1.82, 2.24) is 9.62 Å². The number of sulfonamides is 1. The molecule has 0 radical (unpaired) electrons. The number of rotatable bonds is 6. The lowest BCUT2D eigenvalue weighted by Gasteiger charge is -2.11. The van der Waals surface area contributed by atoms with Gasteiger partial charge in [0.05, 0.1) is 4.90 Å². The quantitative estimate of drug-likeness (QED) is 0.729. The molecule has 0 unspecified atom stereocenters. The van der Waals surface area contributed by atoms with Crippen molar-refractivity contribution in [2.75, 3.05) is 27.2 Å². The monoisotopic (exact) mass is 287 g/mol. The van der Waals surface area contributed by atoms with Gasteiger partial charge in [0.25, 0.3) is 0 Å². The zero-order valence-electron chi connectivity index (χ0n) is 10.4. The molecule has 0 saturated heterocycles. The van der Waals surface area contributed by atoms with Crippen LogP contribution in [0.2, 0.25) is 0 Å². The van der Waals surface area contributed by atoms with Crippen LogP contribution in [0.1, 0.15) is 5.56 Å².